The Morgan fingerprint density at radius 2 is 2.18 bits per heavy atom. The van der Waals surface area contributed by atoms with Crippen molar-refractivity contribution in [1.82, 2.24) is 0 Å². The number of carbonyl (C=O) groups excluding carboxylic acids is 1. The van der Waals surface area contributed by atoms with Crippen molar-refractivity contribution < 1.29 is 19.0 Å². The third kappa shape index (κ3) is 2.35. The Morgan fingerprint density at radius 1 is 1.41 bits per heavy atom. The number of benzene rings is 1. The highest BCUT2D eigenvalue weighted by molar-refractivity contribution is 5.57. The Bertz CT molecular complexity index is 414. The second-order valence-corrected chi connectivity index (χ2v) is 4.04. The lowest BCUT2D eigenvalue weighted by atomic mass is 9.96. The van der Waals surface area contributed by atoms with Crippen molar-refractivity contribution in [3.05, 3.63) is 17.7 Å². The van der Waals surface area contributed by atoms with Crippen LogP contribution in [0.2, 0.25) is 0 Å². The van der Waals surface area contributed by atoms with Gasteiger partial charge in [0.25, 0.3) is 0 Å². The third-order valence-electron chi connectivity index (χ3n) is 2.86. The topological polar surface area (TPSA) is 44.8 Å². The first-order valence-electron chi connectivity index (χ1n) is 5.67. The smallest absolute Gasteiger partial charge is 0.165 e. The molecular weight excluding hydrogens is 220 g/mol. The Hall–Kier alpha value is -1.71. The molecule has 0 aromatic heterocycles. The van der Waals surface area contributed by atoms with Crippen molar-refractivity contribution in [3.63, 3.8) is 0 Å². The molecule has 17 heavy (non-hydrogen) atoms. The standard InChI is InChI=1S/C13H16O4/c1-9(3-4-14)11-7-10(15-2)8-12-13(11)17-6-5-16-12/h4,7-9H,3,5-6H2,1-2H3. The fourth-order valence-electron chi connectivity index (χ4n) is 1.91. The van der Waals surface area contributed by atoms with E-state index < -0.39 is 0 Å². The number of rotatable bonds is 4. The minimum Gasteiger partial charge on any atom is -0.497 e. The number of ether oxygens (including phenoxy) is 3. The van der Waals surface area contributed by atoms with Crippen molar-refractivity contribution >= 4 is 6.29 Å². The molecule has 0 saturated heterocycles. The molecular formula is C13H16O4. The molecule has 0 spiro atoms. The van der Waals surface area contributed by atoms with E-state index in [2.05, 4.69) is 0 Å². The average molecular weight is 236 g/mol. The van der Waals surface area contributed by atoms with Crippen LogP contribution in [0.1, 0.15) is 24.8 Å². The molecule has 4 heteroatoms. The fraction of sp³-hybridized carbons (Fsp3) is 0.462. The number of aldehydes is 1. The third-order valence-corrected chi connectivity index (χ3v) is 2.86. The van der Waals surface area contributed by atoms with Gasteiger partial charge >= 0.3 is 0 Å². The van der Waals surface area contributed by atoms with Gasteiger partial charge < -0.3 is 19.0 Å². The SMILES string of the molecule is COc1cc2c(c(C(C)CC=O)c1)OCCO2. The fourth-order valence-corrected chi connectivity index (χ4v) is 1.91. The second kappa shape index (κ2) is 5.08. The summed E-state index contributed by atoms with van der Waals surface area (Å²) in [5.74, 6) is 2.26. The predicted molar refractivity (Wildman–Crippen MR) is 63.1 cm³/mol. The molecule has 0 radical (unpaired) electrons. The lowest BCUT2D eigenvalue weighted by molar-refractivity contribution is -0.108. The van der Waals surface area contributed by atoms with Crippen LogP contribution in [0.3, 0.4) is 0 Å². The Morgan fingerprint density at radius 3 is 2.88 bits per heavy atom. The molecule has 1 aliphatic rings. The zero-order valence-corrected chi connectivity index (χ0v) is 10.1. The molecule has 1 aromatic rings. The largest absolute Gasteiger partial charge is 0.497 e. The average Bonchev–Trinajstić information content (AvgIpc) is 2.37. The molecule has 2 rings (SSSR count). The van der Waals surface area contributed by atoms with Gasteiger partial charge in [0.05, 0.1) is 7.11 Å². The highest BCUT2D eigenvalue weighted by Crippen LogP contribution is 2.41. The van der Waals surface area contributed by atoms with Crippen LogP contribution < -0.4 is 14.2 Å². The van der Waals surface area contributed by atoms with Crippen LogP contribution in [0.15, 0.2) is 12.1 Å². The van der Waals surface area contributed by atoms with Crippen LogP contribution in [-0.4, -0.2) is 26.6 Å². The second-order valence-electron chi connectivity index (χ2n) is 4.04. The van der Waals surface area contributed by atoms with E-state index in [0.29, 0.717) is 25.4 Å². The van der Waals surface area contributed by atoms with E-state index in [0.717, 1.165) is 23.3 Å². The van der Waals surface area contributed by atoms with Gasteiger partial charge in [-0.05, 0) is 12.0 Å². The van der Waals surface area contributed by atoms with Gasteiger partial charge in [-0.25, -0.2) is 0 Å². The van der Waals surface area contributed by atoms with E-state index in [1.165, 1.54) is 0 Å². The van der Waals surface area contributed by atoms with Gasteiger partial charge in [0.1, 0.15) is 25.2 Å². The maximum Gasteiger partial charge on any atom is 0.165 e. The monoisotopic (exact) mass is 236 g/mol. The first-order chi connectivity index (χ1) is 8.26. The van der Waals surface area contributed by atoms with E-state index in [1.807, 2.05) is 19.1 Å². The summed E-state index contributed by atoms with van der Waals surface area (Å²) in [5.41, 5.74) is 0.964. The van der Waals surface area contributed by atoms with Crippen molar-refractivity contribution in [3.8, 4) is 17.2 Å². The summed E-state index contributed by atoms with van der Waals surface area (Å²) in [7, 11) is 1.61. The Labute approximate surface area is 100 Å². The number of fused-ring (bicyclic) bond motifs is 1. The maximum absolute atomic E-state index is 10.6. The van der Waals surface area contributed by atoms with Crippen molar-refractivity contribution in [2.45, 2.75) is 19.3 Å². The zero-order valence-electron chi connectivity index (χ0n) is 10.1. The van der Waals surface area contributed by atoms with Crippen LogP contribution >= 0.6 is 0 Å². The minimum atomic E-state index is 0.0954. The lowest BCUT2D eigenvalue weighted by Gasteiger charge is -2.24. The van der Waals surface area contributed by atoms with Gasteiger partial charge in [0.15, 0.2) is 11.5 Å². The van der Waals surface area contributed by atoms with Gasteiger partial charge in [-0.15, -0.1) is 0 Å². The molecule has 0 fully saturated rings. The molecule has 0 saturated carbocycles. The molecule has 92 valence electrons. The van der Waals surface area contributed by atoms with E-state index >= 15 is 0 Å². The number of methoxy groups -OCH3 is 1. The molecule has 4 nitrogen and oxygen atoms in total. The van der Waals surface area contributed by atoms with Crippen LogP contribution in [0.5, 0.6) is 17.2 Å². The van der Waals surface area contributed by atoms with Gasteiger partial charge in [-0.2, -0.15) is 0 Å². The number of carbonyl (C=O) groups is 1. The minimum absolute atomic E-state index is 0.0954. The summed E-state index contributed by atoms with van der Waals surface area (Å²) < 4.78 is 16.4. The molecule has 0 amide bonds. The summed E-state index contributed by atoms with van der Waals surface area (Å²) >= 11 is 0. The zero-order chi connectivity index (χ0) is 12.3. The first-order valence-corrected chi connectivity index (χ1v) is 5.67. The molecule has 1 unspecified atom stereocenters. The van der Waals surface area contributed by atoms with Gasteiger partial charge in [-0.1, -0.05) is 6.92 Å². The van der Waals surface area contributed by atoms with Crippen LogP contribution in [-0.2, 0) is 4.79 Å². The number of hydrogen-bond donors (Lipinski definition) is 0. The summed E-state index contributed by atoms with van der Waals surface area (Å²) in [5, 5.41) is 0. The number of hydrogen-bond acceptors (Lipinski definition) is 4. The Kier molecular flexibility index (Phi) is 3.52. The van der Waals surface area contributed by atoms with E-state index in [1.54, 1.807) is 7.11 Å². The quantitative estimate of drug-likeness (QED) is 0.751. The van der Waals surface area contributed by atoms with E-state index in [4.69, 9.17) is 14.2 Å². The van der Waals surface area contributed by atoms with E-state index in [-0.39, 0.29) is 5.92 Å². The first kappa shape index (κ1) is 11.8. The van der Waals surface area contributed by atoms with Gasteiger partial charge in [-0.3, -0.25) is 0 Å². The van der Waals surface area contributed by atoms with Crippen molar-refractivity contribution in [2.24, 2.45) is 0 Å². The van der Waals surface area contributed by atoms with Crippen LogP contribution in [0, 0.1) is 0 Å². The van der Waals surface area contributed by atoms with Crippen molar-refractivity contribution in [2.75, 3.05) is 20.3 Å². The maximum atomic E-state index is 10.6. The van der Waals surface area contributed by atoms with Gasteiger partial charge in [0.2, 0.25) is 0 Å². The van der Waals surface area contributed by atoms with Crippen LogP contribution in [0.4, 0.5) is 0 Å². The molecule has 1 heterocycles. The Balaban J connectivity index is 2.43. The molecule has 1 atom stereocenters. The van der Waals surface area contributed by atoms with Gasteiger partial charge in [0, 0.05) is 18.1 Å². The molecule has 0 bridgehead atoms. The molecule has 0 aliphatic carbocycles. The van der Waals surface area contributed by atoms with Crippen molar-refractivity contribution in [1.29, 1.82) is 0 Å². The summed E-state index contributed by atoms with van der Waals surface area (Å²) in [6.45, 7) is 3.07. The molecule has 0 N–H and O–H groups in total. The summed E-state index contributed by atoms with van der Waals surface area (Å²) in [6.07, 6.45) is 1.38. The highest BCUT2D eigenvalue weighted by atomic mass is 16.6. The molecule has 1 aliphatic heterocycles. The molecule has 1 aromatic carbocycles. The van der Waals surface area contributed by atoms with Crippen LogP contribution in [0.25, 0.3) is 0 Å². The predicted octanol–water partition coefficient (Wildman–Crippen LogP) is 2.16. The summed E-state index contributed by atoms with van der Waals surface area (Å²) in [6, 6.07) is 3.72. The highest BCUT2D eigenvalue weighted by Gasteiger charge is 2.21. The van der Waals surface area contributed by atoms with E-state index in [9.17, 15) is 4.79 Å². The normalized spacial score (nSPS) is 15.2. The lowest BCUT2D eigenvalue weighted by Crippen LogP contribution is -2.17. The summed E-state index contributed by atoms with van der Waals surface area (Å²) in [4.78, 5) is 10.6.